The third-order valence-electron chi connectivity index (χ3n) is 6.58. The number of fused-ring (bicyclic) bond motifs is 1. The smallest absolute Gasteiger partial charge is 0.257 e. The minimum absolute atomic E-state index is 0.121. The lowest BCUT2D eigenvalue weighted by molar-refractivity contribution is 0.102. The van der Waals surface area contributed by atoms with Crippen molar-refractivity contribution in [2.45, 2.75) is 38.8 Å². The Morgan fingerprint density at radius 3 is 2.79 bits per heavy atom. The highest BCUT2D eigenvalue weighted by atomic mass is 16.5. The molecule has 1 amide bonds. The minimum atomic E-state index is -0.123. The second-order valence-electron chi connectivity index (χ2n) is 9.02. The first-order chi connectivity index (χ1) is 16.1. The van der Waals surface area contributed by atoms with Crippen LogP contribution in [0.15, 0.2) is 47.3 Å². The van der Waals surface area contributed by atoms with Crippen LogP contribution in [0.5, 0.6) is 0 Å². The van der Waals surface area contributed by atoms with E-state index in [-0.39, 0.29) is 11.5 Å². The SMILES string of the molecule is Cc1cc(=O)[nH]c2ccc(NC(=O)c3cc(CNC4CCOC4)ccc3N3CCCC3)cc12. The van der Waals surface area contributed by atoms with Crippen LogP contribution in [0.4, 0.5) is 11.4 Å². The van der Waals surface area contributed by atoms with E-state index in [4.69, 9.17) is 4.74 Å². The monoisotopic (exact) mass is 446 g/mol. The van der Waals surface area contributed by atoms with Crippen molar-refractivity contribution in [3.8, 4) is 0 Å². The largest absolute Gasteiger partial charge is 0.380 e. The van der Waals surface area contributed by atoms with E-state index in [0.29, 0.717) is 23.8 Å². The number of pyridine rings is 1. The zero-order valence-corrected chi connectivity index (χ0v) is 18.9. The summed E-state index contributed by atoms with van der Waals surface area (Å²) in [4.78, 5) is 30.3. The molecule has 3 aromatic rings. The fraction of sp³-hybridized carbons (Fsp3) is 0.385. The molecule has 1 atom stereocenters. The fourth-order valence-electron chi connectivity index (χ4n) is 4.77. The Morgan fingerprint density at radius 2 is 2.00 bits per heavy atom. The Labute approximate surface area is 193 Å². The first kappa shape index (κ1) is 21.7. The lowest BCUT2D eigenvalue weighted by Gasteiger charge is -2.22. The van der Waals surface area contributed by atoms with Crippen LogP contribution in [0.1, 0.15) is 40.7 Å². The molecule has 2 aliphatic heterocycles. The summed E-state index contributed by atoms with van der Waals surface area (Å²) < 4.78 is 5.45. The van der Waals surface area contributed by atoms with Crippen LogP contribution in [0.25, 0.3) is 10.9 Å². The molecule has 33 heavy (non-hydrogen) atoms. The molecule has 1 unspecified atom stereocenters. The lowest BCUT2D eigenvalue weighted by Crippen LogP contribution is -2.29. The third-order valence-corrected chi connectivity index (χ3v) is 6.58. The molecule has 0 spiro atoms. The summed E-state index contributed by atoms with van der Waals surface area (Å²) >= 11 is 0. The van der Waals surface area contributed by atoms with Crippen molar-refractivity contribution in [3.63, 3.8) is 0 Å². The molecule has 2 saturated heterocycles. The molecule has 0 bridgehead atoms. The van der Waals surface area contributed by atoms with E-state index in [1.54, 1.807) is 6.07 Å². The van der Waals surface area contributed by atoms with Gasteiger partial charge in [-0.1, -0.05) is 6.07 Å². The highest BCUT2D eigenvalue weighted by molar-refractivity contribution is 6.09. The topological polar surface area (TPSA) is 86.5 Å². The molecule has 5 rings (SSSR count). The van der Waals surface area contributed by atoms with Crippen molar-refractivity contribution in [2.24, 2.45) is 0 Å². The van der Waals surface area contributed by atoms with E-state index in [2.05, 4.69) is 32.7 Å². The Kier molecular flexibility index (Phi) is 6.15. The highest BCUT2D eigenvalue weighted by Crippen LogP contribution is 2.28. The maximum atomic E-state index is 13.4. The van der Waals surface area contributed by atoms with Gasteiger partial charge in [0, 0.05) is 60.6 Å². The first-order valence-electron chi connectivity index (χ1n) is 11.7. The maximum absolute atomic E-state index is 13.4. The van der Waals surface area contributed by atoms with Gasteiger partial charge in [0.25, 0.3) is 5.91 Å². The number of nitrogens with one attached hydrogen (secondary N) is 3. The van der Waals surface area contributed by atoms with Gasteiger partial charge in [0.2, 0.25) is 5.56 Å². The summed E-state index contributed by atoms with van der Waals surface area (Å²) in [5, 5.41) is 7.54. The number of carbonyl (C=O) groups excluding carboxylic acids is 1. The van der Waals surface area contributed by atoms with Crippen molar-refractivity contribution in [1.82, 2.24) is 10.3 Å². The number of hydrogen-bond donors (Lipinski definition) is 3. The standard InChI is InChI=1S/C26H30N4O3/c1-17-12-25(31)29-23-6-5-19(14-21(17)23)28-26(32)22-13-18(15-27-20-8-11-33-16-20)4-7-24(22)30-9-2-3-10-30/h4-7,12-14,20,27H,2-3,8-11,15-16H2,1H3,(H,28,32)(H,29,31). The second-order valence-corrected chi connectivity index (χ2v) is 9.02. The quantitative estimate of drug-likeness (QED) is 0.539. The fourth-order valence-corrected chi connectivity index (χ4v) is 4.77. The predicted molar refractivity (Wildman–Crippen MR) is 131 cm³/mol. The molecule has 2 aliphatic rings. The zero-order chi connectivity index (χ0) is 22.8. The van der Waals surface area contributed by atoms with Gasteiger partial charge in [0.05, 0.1) is 12.2 Å². The summed E-state index contributed by atoms with van der Waals surface area (Å²) in [6.45, 7) is 6.10. The van der Waals surface area contributed by atoms with Crippen LogP contribution in [-0.2, 0) is 11.3 Å². The molecule has 0 radical (unpaired) electrons. The summed E-state index contributed by atoms with van der Waals surface area (Å²) in [6, 6.07) is 13.7. The Balaban J connectivity index is 1.41. The molecule has 3 N–H and O–H groups in total. The van der Waals surface area contributed by atoms with Crippen LogP contribution in [-0.4, -0.2) is 43.2 Å². The number of benzene rings is 2. The van der Waals surface area contributed by atoms with Gasteiger partial charge in [-0.3, -0.25) is 9.59 Å². The minimum Gasteiger partial charge on any atom is -0.380 e. The number of anilines is 2. The van der Waals surface area contributed by atoms with Crippen molar-refractivity contribution in [1.29, 1.82) is 0 Å². The molecule has 0 aliphatic carbocycles. The maximum Gasteiger partial charge on any atom is 0.257 e. The number of aryl methyl sites for hydroxylation is 1. The van der Waals surface area contributed by atoms with Crippen LogP contribution >= 0.6 is 0 Å². The van der Waals surface area contributed by atoms with E-state index in [9.17, 15) is 9.59 Å². The number of aromatic nitrogens is 1. The molecule has 2 aromatic carbocycles. The number of aromatic amines is 1. The van der Waals surface area contributed by atoms with Crippen molar-refractivity contribution >= 4 is 28.2 Å². The van der Waals surface area contributed by atoms with Crippen LogP contribution in [0.2, 0.25) is 0 Å². The van der Waals surface area contributed by atoms with Crippen molar-refractivity contribution in [2.75, 3.05) is 36.5 Å². The summed E-state index contributed by atoms with van der Waals surface area (Å²) in [5.41, 5.74) is 4.99. The van der Waals surface area contributed by atoms with E-state index >= 15 is 0 Å². The van der Waals surface area contributed by atoms with Gasteiger partial charge in [-0.25, -0.2) is 0 Å². The van der Waals surface area contributed by atoms with Gasteiger partial charge in [0.1, 0.15) is 0 Å². The number of hydrogen-bond acceptors (Lipinski definition) is 5. The Hall–Kier alpha value is -3.16. The van der Waals surface area contributed by atoms with Gasteiger partial charge in [0.15, 0.2) is 0 Å². The number of ether oxygens (including phenoxy) is 1. The lowest BCUT2D eigenvalue weighted by atomic mass is 10.1. The Morgan fingerprint density at radius 1 is 1.15 bits per heavy atom. The predicted octanol–water partition coefficient (Wildman–Crippen LogP) is 3.57. The number of amides is 1. The molecule has 7 heteroatoms. The van der Waals surface area contributed by atoms with Crippen LogP contribution in [0, 0.1) is 6.92 Å². The Bertz CT molecular complexity index is 1220. The second kappa shape index (κ2) is 9.37. The number of nitrogens with zero attached hydrogens (tertiary/aromatic N) is 1. The highest BCUT2D eigenvalue weighted by Gasteiger charge is 2.21. The molecule has 3 heterocycles. The van der Waals surface area contributed by atoms with Gasteiger partial charge in [-0.05, 0) is 67.6 Å². The third kappa shape index (κ3) is 4.79. The molecule has 0 saturated carbocycles. The molecule has 1 aromatic heterocycles. The summed E-state index contributed by atoms with van der Waals surface area (Å²) in [5.74, 6) is -0.121. The van der Waals surface area contributed by atoms with E-state index in [1.807, 2.05) is 31.2 Å². The van der Waals surface area contributed by atoms with Gasteiger partial charge in [-0.15, -0.1) is 0 Å². The van der Waals surface area contributed by atoms with E-state index in [1.165, 1.54) is 0 Å². The molecule has 7 nitrogen and oxygen atoms in total. The number of rotatable bonds is 6. The molecule has 2 fully saturated rings. The molecule has 172 valence electrons. The first-order valence-corrected chi connectivity index (χ1v) is 11.7. The van der Waals surface area contributed by atoms with Gasteiger partial charge in [-0.2, -0.15) is 0 Å². The molecular formula is C26H30N4O3. The number of H-pyrrole nitrogens is 1. The van der Waals surface area contributed by atoms with Crippen molar-refractivity contribution in [3.05, 3.63) is 69.5 Å². The normalized spacial score (nSPS) is 18.2. The van der Waals surface area contributed by atoms with Gasteiger partial charge >= 0.3 is 0 Å². The van der Waals surface area contributed by atoms with Gasteiger partial charge < -0.3 is 25.3 Å². The van der Waals surface area contributed by atoms with Crippen LogP contribution < -0.4 is 21.1 Å². The number of carbonyl (C=O) groups is 1. The van der Waals surface area contributed by atoms with Crippen molar-refractivity contribution < 1.29 is 9.53 Å². The zero-order valence-electron chi connectivity index (χ0n) is 18.9. The average molecular weight is 447 g/mol. The van der Waals surface area contributed by atoms with E-state index in [0.717, 1.165) is 73.3 Å². The van der Waals surface area contributed by atoms with E-state index < -0.39 is 0 Å². The molecular weight excluding hydrogens is 416 g/mol. The van der Waals surface area contributed by atoms with Crippen LogP contribution in [0.3, 0.4) is 0 Å². The summed E-state index contributed by atoms with van der Waals surface area (Å²) in [6.07, 6.45) is 3.31. The average Bonchev–Trinajstić information content (AvgIpc) is 3.52. The summed E-state index contributed by atoms with van der Waals surface area (Å²) in [7, 11) is 0.